The minimum Gasteiger partial charge on any atom is -0.461 e. The van der Waals surface area contributed by atoms with Crippen molar-refractivity contribution in [2.45, 2.75) is 52.9 Å². The molecule has 0 fully saturated rings. The molecule has 180 valence electrons. The molecule has 11 heteroatoms. The van der Waals surface area contributed by atoms with Crippen molar-refractivity contribution >= 4 is 17.8 Å². The van der Waals surface area contributed by atoms with Crippen LogP contribution in [0.15, 0.2) is 30.3 Å². The van der Waals surface area contributed by atoms with Crippen LogP contribution in [0.2, 0.25) is 0 Å². The number of rotatable bonds is 7. The molecule has 2 rings (SSSR count). The smallest absolute Gasteiger partial charge is 0.435 e. The zero-order valence-corrected chi connectivity index (χ0v) is 18.9. The molecule has 1 heterocycles. The number of esters is 2. The van der Waals surface area contributed by atoms with Crippen molar-refractivity contribution in [3.63, 3.8) is 0 Å². The summed E-state index contributed by atoms with van der Waals surface area (Å²) in [6, 6.07) is 6.71. The van der Waals surface area contributed by atoms with Gasteiger partial charge in [0.05, 0.1) is 12.3 Å². The molecule has 0 aliphatic carbocycles. The Morgan fingerprint density at radius 2 is 1.82 bits per heavy atom. The standard InChI is InChI=1S/C22H26F3N3O5/c1-6-32-20(31)16-11-17(22(23,24)25)27-28(16)15-9-7-8-14(10-15)12-26-18(29)13(2)19(30)33-21(3,4)5/h7-11,13H,6,12H2,1-5H3,(H,26,29)/t13-/m0/s1. The lowest BCUT2D eigenvalue weighted by molar-refractivity contribution is -0.161. The number of ether oxygens (including phenoxy) is 2. The number of halogens is 3. The summed E-state index contributed by atoms with van der Waals surface area (Å²) in [6.45, 7) is 7.97. The number of nitrogens with one attached hydrogen (secondary N) is 1. The quantitative estimate of drug-likeness (QED) is 0.491. The molecule has 0 saturated carbocycles. The summed E-state index contributed by atoms with van der Waals surface area (Å²) in [5.41, 5.74) is -1.69. The average molecular weight is 469 g/mol. The van der Waals surface area contributed by atoms with Crippen LogP contribution in [-0.2, 0) is 31.8 Å². The molecule has 0 spiro atoms. The van der Waals surface area contributed by atoms with Gasteiger partial charge in [-0.3, -0.25) is 9.59 Å². The molecule has 0 saturated heterocycles. The maximum Gasteiger partial charge on any atom is 0.435 e. The SMILES string of the molecule is CCOC(=O)c1cc(C(F)(F)F)nn1-c1cccc(CNC(=O)[C@H](C)C(=O)OC(C)(C)C)c1. The van der Waals surface area contributed by atoms with E-state index in [9.17, 15) is 27.6 Å². The summed E-state index contributed by atoms with van der Waals surface area (Å²) in [7, 11) is 0. The van der Waals surface area contributed by atoms with Crippen molar-refractivity contribution in [3.05, 3.63) is 47.3 Å². The third-order valence-electron chi connectivity index (χ3n) is 4.26. The van der Waals surface area contributed by atoms with Gasteiger partial charge in [-0.25, -0.2) is 9.48 Å². The van der Waals surface area contributed by atoms with Crippen LogP contribution in [-0.4, -0.2) is 39.8 Å². The van der Waals surface area contributed by atoms with E-state index in [0.717, 1.165) is 4.68 Å². The van der Waals surface area contributed by atoms with Crippen molar-refractivity contribution in [2.75, 3.05) is 6.61 Å². The molecule has 1 aromatic heterocycles. The number of alkyl halides is 3. The molecule has 1 amide bonds. The Labute approximate surface area is 189 Å². The Morgan fingerprint density at radius 1 is 1.15 bits per heavy atom. The minimum atomic E-state index is -4.75. The highest BCUT2D eigenvalue weighted by Crippen LogP contribution is 2.30. The molecular formula is C22H26F3N3O5. The van der Waals surface area contributed by atoms with Crippen molar-refractivity contribution in [1.82, 2.24) is 15.1 Å². The molecule has 0 unspecified atom stereocenters. The van der Waals surface area contributed by atoms with Gasteiger partial charge in [0.2, 0.25) is 5.91 Å². The van der Waals surface area contributed by atoms with E-state index in [0.29, 0.717) is 11.6 Å². The summed E-state index contributed by atoms with van der Waals surface area (Å²) < 4.78 is 50.4. The fraction of sp³-hybridized carbons (Fsp3) is 0.455. The number of hydrogen-bond donors (Lipinski definition) is 1. The van der Waals surface area contributed by atoms with E-state index in [4.69, 9.17) is 9.47 Å². The van der Waals surface area contributed by atoms with Gasteiger partial charge in [0.1, 0.15) is 11.5 Å². The Morgan fingerprint density at radius 3 is 2.39 bits per heavy atom. The lowest BCUT2D eigenvalue weighted by Crippen LogP contribution is -2.37. The van der Waals surface area contributed by atoms with Crippen molar-refractivity contribution in [3.8, 4) is 5.69 Å². The lowest BCUT2D eigenvalue weighted by Gasteiger charge is -2.22. The molecule has 8 nitrogen and oxygen atoms in total. The van der Waals surface area contributed by atoms with Gasteiger partial charge in [0, 0.05) is 12.6 Å². The van der Waals surface area contributed by atoms with E-state index < -0.39 is 41.2 Å². The first kappa shape index (κ1) is 25.9. The molecule has 0 aliphatic heterocycles. The fourth-order valence-corrected chi connectivity index (χ4v) is 2.70. The Balaban J connectivity index is 2.23. The summed E-state index contributed by atoms with van der Waals surface area (Å²) in [6.07, 6.45) is -4.75. The predicted molar refractivity (Wildman–Crippen MR) is 111 cm³/mol. The second-order valence-electron chi connectivity index (χ2n) is 8.19. The molecule has 1 aromatic carbocycles. The number of aromatic nitrogens is 2. The van der Waals surface area contributed by atoms with Crippen LogP contribution in [0, 0.1) is 5.92 Å². The molecule has 1 atom stereocenters. The molecule has 0 radical (unpaired) electrons. The summed E-state index contributed by atoms with van der Waals surface area (Å²) in [5.74, 6) is -3.25. The second kappa shape index (κ2) is 10.1. The maximum absolute atomic E-state index is 13.2. The molecule has 1 N–H and O–H groups in total. The van der Waals surface area contributed by atoms with Gasteiger partial charge in [-0.1, -0.05) is 12.1 Å². The monoisotopic (exact) mass is 469 g/mol. The first-order chi connectivity index (χ1) is 15.2. The van der Waals surface area contributed by atoms with E-state index in [1.54, 1.807) is 26.8 Å². The van der Waals surface area contributed by atoms with Gasteiger partial charge in [-0.2, -0.15) is 18.3 Å². The Kier molecular flexibility index (Phi) is 7.89. The highest BCUT2D eigenvalue weighted by molar-refractivity contribution is 5.97. The molecule has 0 bridgehead atoms. The van der Waals surface area contributed by atoms with E-state index >= 15 is 0 Å². The molecular weight excluding hydrogens is 443 g/mol. The number of amides is 1. The van der Waals surface area contributed by atoms with E-state index in [2.05, 4.69) is 10.4 Å². The van der Waals surface area contributed by atoms with Crippen LogP contribution in [0.5, 0.6) is 0 Å². The van der Waals surface area contributed by atoms with Gasteiger partial charge in [-0.15, -0.1) is 0 Å². The third-order valence-corrected chi connectivity index (χ3v) is 4.26. The summed E-state index contributed by atoms with van der Waals surface area (Å²) in [4.78, 5) is 36.5. The number of nitrogens with zero attached hydrogens (tertiary/aromatic N) is 2. The van der Waals surface area contributed by atoms with Crippen molar-refractivity contribution in [2.24, 2.45) is 5.92 Å². The molecule has 33 heavy (non-hydrogen) atoms. The number of carbonyl (C=O) groups is 3. The fourth-order valence-electron chi connectivity index (χ4n) is 2.70. The topological polar surface area (TPSA) is 99.5 Å². The van der Waals surface area contributed by atoms with E-state index in [1.165, 1.54) is 32.0 Å². The molecule has 2 aromatic rings. The van der Waals surface area contributed by atoms with Gasteiger partial charge >= 0.3 is 18.1 Å². The van der Waals surface area contributed by atoms with Crippen molar-refractivity contribution in [1.29, 1.82) is 0 Å². The van der Waals surface area contributed by atoms with Crippen LogP contribution in [0.3, 0.4) is 0 Å². The summed E-state index contributed by atoms with van der Waals surface area (Å²) >= 11 is 0. The van der Waals surface area contributed by atoms with Crippen molar-refractivity contribution < 1.29 is 37.0 Å². The van der Waals surface area contributed by atoms with Crippen LogP contribution in [0.25, 0.3) is 5.69 Å². The Bertz CT molecular complexity index is 1030. The normalized spacial score (nSPS) is 12.7. The maximum atomic E-state index is 13.2. The summed E-state index contributed by atoms with van der Waals surface area (Å²) in [5, 5.41) is 6.11. The predicted octanol–water partition coefficient (Wildman–Crippen LogP) is 3.66. The zero-order valence-electron chi connectivity index (χ0n) is 18.9. The van der Waals surface area contributed by atoms with Crippen LogP contribution >= 0.6 is 0 Å². The zero-order chi connectivity index (χ0) is 25.0. The number of carbonyl (C=O) groups excluding carboxylic acids is 3. The number of benzene rings is 1. The first-order valence-corrected chi connectivity index (χ1v) is 10.2. The first-order valence-electron chi connectivity index (χ1n) is 10.2. The number of hydrogen-bond acceptors (Lipinski definition) is 6. The van der Waals surface area contributed by atoms with Gasteiger partial charge < -0.3 is 14.8 Å². The Hall–Kier alpha value is -3.37. The largest absolute Gasteiger partial charge is 0.461 e. The lowest BCUT2D eigenvalue weighted by atomic mass is 10.1. The minimum absolute atomic E-state index is 0.0120. The van der Waals surface area contributed by atoms with Gasteiger partial charge in [-0.05, 0) is 52.3 Å². The van der Waals surface area contributed by atoms with E-state index in [-0.39, 0.29) is 24.5 Å². The van der Waals surface area contributed by atoms with Crippen LogP contribution in [0.4, 0.5) is 13.2 Å². The second-order valence-corrected chi connectivity index (χ2v) is 8.19. The van der Waals surface area contributed by atoms with Gasteiger partial charge in [0.25, 0.3) is 0 Å². The highest BCUT2D eigenvalue weighted by Gasteiger charge is 2.36. The van der Waals surface area contributed by atoms with Gasteiger partial charge in [0.15, 0.2) is 11.4 Å². The molecule has 0 aliphatic rings. The van der Waals surface area contributed by atoms with Crippen LogP contribution < -0.4 is 5.32 Å². The van der Waals surface area contributed by atoms with Crippen LogP contribution in [0.1, 0.15) is 56.4 Å². The van der Waals surface area contributed by atoms with E-state index in [1.807, 2.05) is 0 Å². The highest BCUT2D eigenvalue weighted by atomic mass is 19.4. The average Bonchev–Trinajstić information content (AvgIpc) is 3.17. The third kappa shape index (κ3) is 7.06.